The van der Waals surface area contributed by atoms with E-state index in [4.69, 9.17) is 4.74 Å². The van der Waals surface area contributed by atoms with Gasteiger partial charge >= 0.3 is 0 Å². The van der Waals surface area contributed by atoms with Crippen LogP contribution in [0.1, 0.15) is 25.8 Å². The van der Waals surface area contributed by atoms with Crippen molar-refractivity contribution >= 4 is 32.9 Å². The van der Waals surface area contributed by atoms with Gasteiger partial charge in [-0.1, -0.05) is 37.3 Å². The molecule has 0 saturated carbocycles. The molecule has 1 unspecified atom stereocenters. The number of ether oxygens (including phenoxy) is 1. The van der Waals surface area contributed by atoms with E-state index in [1.165, 1.54) is 0 Å². The van der Waals surface area contributed by atoms with Gasteiger partial charge in [0.15, 0.2) is 5.69 Å². The summed E-state index contributed by atoms with van der Waals surface area (Å²) in [6, 6.07) is 23.1. The Morgan fingerprint density at radius 3 is 2.38 bits per heavy atom. The minimum atomic E-state index is -3.39. The summed E-state index contributed by atoms with van der Waals surface area (Å²) in [5.74, 6) is 2.53. The molecule has 3 aromatic rings. The summed E-state index contributed by atoms with van der Waals surface area (Å²) < 4.78 is 33.1. The number of halogens is 1. The van der Waals surface area contributed by atoms with Crippen LogP contribution in [0.4, 0.5) is 17.1 Å². The smallest absolute Gasteiger partial charge is 0.235 e. The SMILES string of the molecule is CCC(C)S(=O)(=O)Nc1ccc2c(c1)N=C(Cc1ccc(Oc3ccccc3)cc1)[NH2+]2.[Cl-]. The fraction of sp³-hybridized carbons (Fsp3) is 0.208. The molecule has 1 aliphatic heterocycles. The van der Waals surface area contributed by atoms with E-state index in [1.54, 1.807) is 19.1 Å². The summed E-state index contributed by atoms with van der Waals surface area (Å²) >= 11 is 0. The monoisotopic (exact) mass is 471 g/mol. The summed E-state index contributed by atoms with van der Waals surface area (Å²) in [5.41, 5.74) is 3.44. The Hall–Kier alpha value is -2.87. The lowest BCUT2D eigenvalue weighted by molar-refractivity contribution is -0.440. The molecule has 0 radical (unpaired) electrons. The summed E-state index contributed by atoms with van der Waals surface area (Å²) in [7, 11) is -3.39. The summed E-state index contributed by atoms with van der Waals surface area (Å²) in [5, 5.41) is 1.59. The van der Waals surface area contributed by atoms with Gasteiger partial charge in [-0.3, -0.25) is 10.0 Å². The van der Waals surface area contributed by atoms with Gasteiger partial charge in [-0.25, -0.2) is 8.42 Å². The number of sulfonamides is 1. The fourth-order valence-corrected chi connectivity index (χ4v) is 4.37. The van der Waals surface area contributed by atoms with Gasteiger partial charge in [0.25, 0.3) is 0 Å². The maximum Gasteiger partial charge on any atom is 0.235 e. The average molecular weight is 472 g/mol. The number of fused-ring (bicyclic) bond motifs is 1. The van der Waals surface area contributed by atoms with Gasteiger partial charge < -0.3 is 17.1 Å². The van der Waals surface area contributed by atoms with Crippen LogP contribution in [0.2, 0.25) is 0 Å². The van der Waals surface area contributed by atoms with E-state index in [2.05, 4.69) is 9.71 Å². The van der Waals surface area contributed by atoms with Crippen molar-refractivity contribution < 1.29 is 30.9 Å². The van der Waals surface area contributed by atoms with Crippen LogP contribution in [0.15, 0.2) is 77.8 Å². The first-order valence-corrected chi connectivity index (χ1v) is 11.9. The molecule has 0 fully saturated rings. The minimum Gasteiger partial charge on any atom is -1.00 e. The number of hydrogen-bond acceptors (Lipinski definition) is 4. The number of hydrogen-bond donors (Lipinski definition) is 2. The maximum atomic E-state index is 12.3. The first-order chi connectivity index (χ1) is 14.9. The molecule has 1 heterocycles. The van der Waals surface area contributed by atoms with E-state index >= 15 is 0 Å². The molecule has 32 heavy (non-hydrogen) atoms. The molecule has 1 atom stereocenters. The number of para-hydroxylation sites is 1. The van der Waals surface area contributed by atoms with E-state index in [9.17, 15) is 8.42 Å². The highest BCUT2D eigenvalue weighted by atomic mass is 35.5. The molecule has 0 saturated heterocycles. The lowest BCUT2D eigenvalue weighted by atomic mass is 10.1. The van der Waals surface area contributed by atoms with Crippen molar-refractivity contribution in [2.75, 3.05) is 4.72 Å². The van der Waals surface area contributed by atoms with Crippen LogP contribution in [0.25, 0.3) is 0 Å². The molecule has 0 spiro atoms. The van der Waals surface area contributed by atoms with Crippen molar-refractivity contribution in [1.82, 2.24) is 0 Å². The molecule has 0 amide bonds. The molecule has 1 aliphatic rings. The maximum absolute atomic E-state index is 12.3. The standard InChI is InChI=1S/C24H25N3O3S.ClH/c1-3-17(2)31(28,29)27-19-11-14-22-23(16-19)26-24(25-22)15-18-9-12-21(13-10-18)30-20-7-5-4-6-8-20;/h4-14,16-17,27H,3,15H2,1-2H3,(H,25,26);1H. The third kappa shape index (κ3) is 5.68. The Balaban J connectivity index is 0.00000289. The van der Waals surface area contributed by atoms with Crippen molar-refractivity contribution in [3.8, 4) is 11.5 Å². The van der Waals surface area contributed by atoms with Crippen LogP contribution in [0.5, 0.6) is 11.5 Å². The van der Waals surface area contributed by atoms with Gasteiger partial charge in [0.1, 0.15) is 17.2 Å². The number of nitrogens with one attached hydrogen (secondary N) is 1. The third-order valence-corrected chi connectivity index (χ3v) is 7.18. The first kappa shape index (κ1) is 23.8. The number of quaternary nitrogens is 1. The second-order valence-electron chi connectivity index (χ2n) is 7.62. The Kier molecular flexibility index (Phi) is 7.56. The Morgan fingerprint density at radius 2 is 1.69 bits per heavy atom. The van der Waals surface area contributed by atoms with Crippen molar-refractivity contribution in [2.45, 2.75) is 31.9 Å². The van der Waals surface area contributed by atoms with Crippen LogP contribution < -0.4 is 27.2 Å². The van der Waals surface area contributed by atoms with Gasteiger partial charge in [-0.05, 0) is 55.3 Å². The predicted molar refractivity (Wildman–Crippen MR) is 124 cm³/mol. The normalized spacial score (nSPS) is 13.5. The highest BCUT2D eigenvalue weighted by Crippen LogP contribution is 2.29. The molecule has 0 aliphatic carbocycles. The van der Waals surface area contributed by atoms with Gasteiger partial charge in [-0.2, -0.15) is 4.99 Å². The molecule has 3 N–H and O–H groups in total. The van der Waals surface area contributed by atoms with E-state index < -0.39 is 15.3 Å². The van der Waals surface area contributed by atoms with Crippen LogP contribution in [0.3, 0.4) is 0 Å². The number of nitrogens with zero attached hydrogens (tertiary/aromatic N) is 1. The number of nitrogens with two attached hydrogens (primary N) is 1. The van der Waals surface area contributed by atoms with Crippen molar-refractivity contribution in [3.05, 3.63) is 78.4 Å². The minimum absolute atomic E-state index is 0. The third-order valence-electron chi connectivity index (χ3n) is 5.27. The molecule has 8 heteroatoms. The van der Waals surface area contributed by atoms with Crippen LogP contribution in [0, 0.1) is 0 Å². The Morgan fingerprint density at radius 1 is 1.00 bits per heavy atom. The molecule has 3 aromatic carbocycles. The predicted octanol–water partition coefficient (Wildman–Crippen LogP) is 1.50. The van der Waals surface area contributed by atoms with E-state index in [1.807, 2.05) is 72.9 Å². The van der Waals surface area contributed by atoms with Crippen molar-refractivity contribution in [2.24, 2.45) is 4.99 Å². The van der Waals surface area contributed by atoms with Crippen LogP contribution >= 0.6 is 0 Å². The zero-order chi connectivity index (χ0) is 21.8. The first-order valence-electron chi connectivity index (χ1n) is 10.3. The zero-order valence-corrected chi connectivity index (χ0v) is 19.5. The van der Waals surface area contributed by atoms with Gasteiger partial charge in [0.05, 0.1) is 17.4 Å². The summed E-state index contributed by atoms with van der Waals surface area (Å²) in [4.78, 5) is 4.69. The molecule has 4 rings (SSSR count). The number of amidine groups is 1. The molecular weight excluding hydrogens is 446 g/mol. The van der Waals surface area contributed by atoms with Crippen LogP contribution in [-0.4, -0.2) is 19.5 Å². The molecule has 6 nitrogen and oxygen atoms in total. The number of anilines is 1. The summed E-state index contributed by atoms with van der Waals surface area (Å²) in [6.45, 7) is 3.56. The molecule has 168 valence electrons. The lowest BCUT2D eigenvalue weighted by Gasteiger charge is -2.12. The highest BCUT2D eigenvalue weighted by molar-refractivity contribution is 7.93. The molecule has 0 aromatic heterocycles. The zero-order valence-electron chi connectivity index (χ0n) is 18.0. The lowest BCUT2D eigenvalue weighted by Crippen LogP contribution is -3.00. The largest absolute Gasteiger partial charge is 1.00 e. The van der Waals surface area contributed by atoms with Crippen molar-refractivity contribution in [3.63, 3.8) is 0 Å². The van der Waals surface area contributed by atoms with E-state index in [0.717, 1.165) is 34.3 Å². The molecule has 0 bridgehead atoms. The Bertz CT molecular complexity index is 1200. The van der Waals surface area contributed by atoms with Crippen LogP contribution in [-0.2, 0) is 16.4 Å². The molecular formula is C24H26ClN3O3S. The summed E-state index contributed by atoms with van der Waals surface area (Å²) in [6.07, 6.45) is 1.25. The van der Waals surface area contributed by atoms with E-state index in [-0.39, 0.29) is 12.4 Å². The number of rotatable bonds is 8. The van der Waals surface area contributed by atoms with Gasteiger partial charge in [0, 0.05) is 6.07 Å². The number of aliphatic imine (C=N–C) groups is 1. The topological polar surface area (TPSA) is 84.4 Å². The van der Waals surface area contributed by atoms with Crippen molar-refractivity contribution in [1.29, 1.82) is 0 Å². The van der Waals surface area contributed by atoms with Gasteiger partial charge in [0.2, 0.25) is 15.9 Å². The fourth-order valence-electron chi connectivity index (χ4n) is 3.28. The quantitative estimate of drug-likeness (QED) is 0.488. The Labute approximate surface area is 195 Å². The average Bonchev–Trinajstić information content (AvgIpc) is 3.16. The highest BCUT2D eigenvalue weighted by Gasteiger charge is 2.23. The van der Waals surface area contributed by atoms with Gasteiger partial charge in [-0.15, -0.1) is 0 Å². The second kappa shape index (κ2) is 10.2. The van der Waals surface area contributed by atoms with E-state index in [0.29, 0.717) is 18.5 Å². The second-order valence-corrected chi connectivity index (χ2v) is 9.72. The number of benzene rings is 3.